The van der Waals surface area contributed by atoms with Crippen molar-refractivity contribution in [2.75, 3.05) is 0 Å². The first-order valence-corrected chi connectivity index (χ1v) is 29.2. The molecule has 2 heterocycles. The van der Waals surface area contributed by atoms with Gasteiger partial charge in [-0.2, -0.15) is 0 Å². The Hall–Kier alpha value is -9.80. The average molecular weight is 1000 g/mol. The van der Waals surface area contributed by atoms with Gasteiger partial charge in [0.1, 0.15) is 11.5 Å². The van der Waals surface area contributed by atoms with Crippen molar-refractivity contribution in [2.24, 2.45) is 0 Å². The zero-order valence-corrected chi connectivity index (χ0v) is 43.3. The molecule has 2 aliphatic carbocycles. The lowest BCUT2D eigenvalue weighted by Gasteiger charge is -2.40. The molecule has 78 heavy (non-hydrogen) atoms. The first-order chi connectivity index (χ1) is 38.7. The third-order valence-corrected chi connectivity index (χ3v) is 23.1. The summed E-state index contributed by atoms with van der Waals surface area (Å²) >= 11 is 0. The monoisotopic (exact) mass is 1000 g/mol. The van der Waals surface area contributed by atoms with Crippen LogP contribution < -0.4 is 25.5 Å². The minimum atomic E-state index is -3.23. The second kappa shape index (κ2) is 15.4. The van der Waals surface area contributed by atoms with Crippen molar-refractivity contribution in [3.05, 3.63) is 295 Å². The number of hydrogen-bond donors (Lipinski definition) is 0. The van der Waals surface area contributed by atoms with Crippen LogP contribution in [-0.2, 0) is 5.41 Å². The van der Waals surface area contributed by atoms with Crippen LogP contribution >= 0.6 is 0 Å². The van der Waals surface area contributed by atoms with Gasteiger partial charge in [-0.25, -0.2) is 0 Å². The van der Waals surface area contributed by atoms with Gasteiger partial charge in [-0.1, -0.05) is 231 Å². The number of ether oxygens (including phenoxy) is 1. The van der Waals surface area contributed by atoms with E-state index in [1.807, 2.05) is 0 Å². The average Bonchev–Trinajstić information content (AvgIpc) is 3.69. The maximum absolute atomic E-state index is 7.31. The predicted molar refractivity (Wildman–Crippen MR) is 327 cm³/mol. The van der Waals surface area contributed by atoms with E-state index >= 15 is 0 Å². The Morgan fingerprint density at radius 2 is 0.833 bits per heavy atom. The van der Waals surface area contributed by atoms with E-state index in [4.69, 9.17) is 4.74 Å². The molecule has 2 nitrogen and oxygen atoms in total. The highest BCUT2D eigenvalue weighted by atomic mass is 28.3. The maximum Gasteiger partial charge on any atom is 0.188 e. The zero-order valence-electron chi connectivity index (χ0n) is 42.3. The Balaban J connectivity index is 0.867. The number of para-hydroxylation sites is 3. The molecular formula is C75H45NOSi. The van der Waals surface area contributed by atoms with Crippen molar-refractivity contribution in [2.45, 2.75) is 5.41 Å². The third-order valence-electron chi connectivity index (χ3n) is 18.3. The van der Waals surface area contributed by atoms with Gasteiger partial charge in [0, 0.05) is 16.5 Å². The Bertz CT molecular complexity index is 4990. The van der Waals surface area contributed by atoms with Crippen LogP contribution in [0.2, 0.25) is 0 Å². The van der Waals surface area contributed by atoms with Gasteiger partial charge < -0.3 is 9.30 Å². The number of benzene rings is 14. The Morgan fingerprint density at radius 3 is 1.58 bits per heavy atom. The van der Waals surface area contributed by atoms with E-state index in [2.05, 4.69) is 278 Å². The summed E-state index contributed by atoms with van der Waals surface area (Å²) in [7, 11) is -3.23. The smallest absolute Gasteiger partial charge is 0.188 e. The van der Waals surface area contributed by atoms with Gasteiger partial charge >= 0.3 is 0 Å². The van der Waals surface area contributed by atoms with E-state index in [-0.39, 0.29) is 0 Å². The standard InChI is InChI=1S/C75H45NOSi/c1-6-21-62-55(16-1)56-17-2-7-22-63(56)75(62)64-23-8-3-18-57(64)61-44-51(33-39-65(61)75)52-35-41-72-69(45-52)77-68-26-11-12-27-71(68)78(72,70-40-34-48-29-28-46-14-13-15-47-32-38-60(70)74(48)73(46)47)54-37-31-49-42-53(36-30-50(49)43-54)76-66-24-9-4-19-58(66)59-20-5-10-25-67(59)76/h1-45H. The molecule has 1 aliphatic heterocycles. The first kappa shape index (κ1) is 42.4. The highest BCUT2D eigenvalue weighted by molar-refractivity contribution is 7.21. The molecule has 0 radical (unpaired) electrons. The van der Waals surface area contributed by atoms with E-state index in [0.29, 0.717) is 0 Å². The van der Waals surface area contributed by atoms with Crippen molar-refractivity contribution in [1.82, 2.24) is 4.57 Å². The summed E-state index contributed by atoms with van der Waals surface area (Å²) in [5.74, 6) is 1.84. The molecule has 3 heteroatoms. The highest BCUT2D eigenvalue weighted by Crippen LogP contribution is 2.63. The zero-order chi connectivity index (χ0) is 50.8. The van der Waals surface area contributed by atoms with Crippen molar-refractivity contribution >= 4 is 93.7 Å². The van der Waals surface area contributed by atoms with Crippen LogP contribution in [0.25, 0.3) is 104 Å². The van der Waals surface area contributed by atoms with Gasteiger partial charge in [0.2, 0.25) is 0 Å². The minimum Gasteiger partial charge on any atom is -0.458 e. The molecule has 0 bridgehead atoms. The summed E-state index contributed by atoms with van der Waals surface area (Å²) in [6.45, 7) is 0. The third kappa shape index (κ3) is 5.36. The number of aromatic nitrogens is 1. The number of nitrogens with zero attached hydrogens (tertiary/aromatic N) is 1. The summed E-state index contributed by atoms with van der Waals surface area (Å²) in [6.07, 6.45) is 0. The van der Waals surface area contributed by atoms with E-state index in [9.17, 15) is 0 Å². The Kier molecular flexibility index (Phi) is 8.39. The predicted octanol–water partition coefficient (Wildman–Crippen LogP) is 16.3. The van der Waals surface area contributed by atoms with Gasteiger partial charge in [-0.3, -0.25) is 0 Å². The second-order valence-electron chi connectivity index (χ2n) is 21.8. The van der Waals surface area contributed by atoms with Gasteiger partial charge in [0.25, 0.3) is 0 Å². The molecule has 15 aromatic rings. The Morgan fingerprint density at radius 1 is 0.308 bits per heavy atom. The lowest BCUT2D eigenvalue weighted by molar-refractivity contribution is 0.487. The Labute approximate surface area is 451 Å². The molecular weight excluding hydrogens is 959 g/mol. The van der Waals surface area contributed by atoms with Crippen molar-refractivity contribution in [1.29, 1.82) is 0 Å². The molecule has 0 fully saturated rings. The quantitative estimate of drug-likeness (QED) is 0.127. The van der Waals surface area contributed by atoms with Crippen LogP contribution in [0.15, 0.2) is 273 Å². The van der Waals surface area contributed by atoms with Crippen LogP contribution in [-0.4, -0.2) is 12.6 Å². The van der Waals surface area contributed by atoms with E-state index in [0.717, 1.165) is 22.7 Å². The molecule has 1 aromatic heterocycles. The van der Waals surface area contributed by atoms with Gasteiger partial charge in [0.05, 0.1) is 16.4 Å². The highest BCUT2D eigenvalue weighted by Gasteiger charge is 2.52. The number of fused-ring (bicyclic) bond motifs is 16. The number of hydrogen-bond acceptors (Lipinski definition) is 1. The van der Waals surface area contributed by atoms with Crippen LogP contribution in [0.4, 0.5) is 0 Å². The molecule has 0 N–H and O–H groups in total. The molecule has 0 amide bonds. The van der Waals surface area contributed by atoms with E-state index in [1.165, 1.54) is 136 Å². The lowest BCUT2D eigenvalue weighted by atomic mass is 9.70. The summed E-state index contributed by atoms with van der Waals surface area (Å²) < 4.78 is 9.74. The second-order valence-corrected chi connectivity index (χ2v) is 25.5. The van der Waals surface area contributed by atoms with Crippen molar-refractivity contribution in [3.8, 4) is 50.6 Å². The molecule has 3 aliphatic rings. The fourth-order valence-corrected chi connectivity index (χ4v) is 20.3. The largest absolute Gasteiger partial charge is 0.458 e. The normalized spacial score (nSPS) is 15.4. The van der Waals surface area contributed by atoms with Gasteiger partial charge in [-0.05, 0) is 162 Å². The maximum atomic E-state index is 7.31. The van der Waals surface area contributed by atoms with Gasteiger partial charge in [-0.15, -0.1) is 0 Å². The van der Waals surface area contributed by atoms with Gasteiger partial charge in [0.15, 0.2) is 8.07 Å². The van der Waals surface area contributed by atoms with Crippen LogP contribution in [0.3, 0.4) is 0 Å². The fraction of sp³-hybridized carbons (Fsp3) is 0.0133. The first-order valence-electron chi connectivity index (χ1n) is 27.2. The topological polar surface area (TPSA) is 14.2 Å². The molecule has 14 aromatic carbocycles. The fourth-order valence-electron chi connectivity index (χ4n) is 15.1. The molecule has 1 atom stereocenters. The molecule has 360 valence electrons. The van der Waals surface area contributed by atoms with Crippen LogP contribution in [0.1, 0.15) is 22.3 Å². The minimum absolute atomic E-state index is 0.390. The summed E-state index contributed by atoms with van der Waals surface area (Å²) in [5.41, 5.74) is 16.1. The molecule has 18 rings (SSSR count). The van der Waals surface area contributed by atoms with E-state index in [1.54, 1.807) is 0 Å². The van der Waals surface area contributed by atoms with E-state index < -0.39 is 13.5 Å². The molecule has 0 saturated carbocycles. The molecule has 1 spiro atoms. The summed E-state index contributed by atoms with van der Waals surface area (Å²) in [4.78, 5) is 0. The lowest BCUT2D eigenvalue weighted by Crippen LogP contribution is -2.76. The van der Waals surface area contributed by atoms with Crippen molar-refractivity contribution < 1.29 is 4.74 Å². The summed E-state index contributed by atoms with van der Waals surface area (Å²) in [6, 6.07) is 103. The van der Waals surface area contributed by atoms with Crippen LogP contribution in [0, 0.1) is 0 Å². The van der Waals surface area contributed by atoms with Crippen molar-refractivity contribution in [3.63, 3.8) is 0 Å². The number of rotatable bonds is 4. The molecule has 0 saturated heterocycles. The molecule has 1 unspecified atom stereocenters. The summed E-state index contributed by atoms with van der Waals surface area (Å²) in [5, 5.41) is 17.9. The van der Waals surface area contributed by atoms with Crippen LogP contribution in [0.5, 0.6) is 11.5 Å². The SMILES string of the molecule is c1ccc2c(c1)Oc1cc(-c3ccc4c(c3)-c3ccccc3C43c4ccccc4-c4ccccc43)ccc1[Si]2(c1ccc2cc(-n3c4ccccc4c4ccccc43)ccc2c1)c1ccc2ccc3cccc4ccc1c2c34.